The maximum atomic E-state index is 13.0. The number of ether oxygens (including phenoxy) is 3. The van der Waals surface area contributed by atoms with E-state index in [1.807, 2.05) is 36.2 Å². The van der Waals surface area contributed by atoms with E-state index in [9.17, 15) is 18.4 Å². The number of carbonyl (C=O) groups is 2. The van der Waals surface area contributed by atoms with Crippen molar-refractivity contribution in [2.24, 2.45) is 0 Å². The molecule has 0 saturated carbocycles. The van der Waals surface area contributed by atoms with Crippen LogP contribution in [0.1, 0.15) is 24.1 Å². The van der Waals surface area contributed by atoms with Crippen molar-refractivity contribution in [2.75, 3.05) is 27.3 Å². The Hall–Kier alpha value is -3.66. The van der Waals surface area contributed by atoms with E-state index in [4.69, 9.17) is 9.47 Å². The summed E-state index contributed by atoms with van der Waals surface area (Å²) in [5, 5.41) is 5.31. The van der Waals surface area contributed by atoms with E-state index in [1.54, 1.807) is 20.1 Å². The van der Waals surface area contributed by atoms with Crippen molar-refractivity contribution in [2.45, 2.75) is 26.1 Å². The summed E-state index contributed by atoms with van der Waals surface area (Å²) in [5.74, 6) is -0.0750. The van der Waals surface area contributed by atoms with Gasteiger partial charge in [-0.15, -0.1) is 0 Å². The largest absolute Gasteiger partial charge is 0.497 e. The molecule has 0 fully saturated rings. The van der Waals surface area contributed by atoms with Gasteiger partial charge in [-0.25, -0.2) is 9.59 Å². The van der Waals surface area contributed by atoms with E-state index < -0.39 is 24.7 Å². The van der Waals surface area contributed by atoms with Crippen molar-refractivity contribution in [3.8, 4) is 11.5 Å². The first-order valence-electron chi connectivity index (χ1n) is 10.6. The summed E-state index contributed by atoms with van der Waals surface area (Å²) in [7, 11) is 3.42. The second-order valence-corrected chi connectivity index (χ2v) is 7.58. The van der Waals surface area contributed by atoms with E-state index in [0.29, 0.717) is 12.2 Å². The van der Waals surface area contributed by atoms with Crippen LogP contribution in [0, 0.1) is 0 Å². The highest BCUT2D eigenvalue weighted by Crippen LogP contribution is 2.34. The Bertz CT molecular complexity index is 1040. The monoisotopic (exact) mass is 475 g/mol. The number of hydrogen-bond donors (Lipinski definition) is 2. The van der Waals surface area contributed by atoms with Crippen molar-refractivity contribution < 1.29 is 32.6 Å². The molecule has 8 nitrogen and oxygen atoms in total. The number of carbonyl (C=O) groups excluding carboxylic acids is 2. The Labute approximate surface area is 196 Å². The molecule has 2 aromatic rings. The summed E-state index contributed by atoms with van der Waals surface area (Å²) >= 11 is 0. The van der Waals surface area contributed by atoms with Gasteiger partial charge in [-0.1, -0.05) is 30.3 Å². The fourth-order valence-electron chi connectivity index (χ4n) is 3.72. The third-order valence-corrected chi connectivity index (χ3v) is 5.13. The minimum Gasteiger partial charge on any atom is -0.497 e. The van der Waals surface area contributed by atoms with Gasteiger partial charge in [0.2, 0.25) is 0 Å². The zero-order valence-electron chi connectivity index (χ0n) is 19.1. The smallest absolute Gasteiger partial charge is 0.387 e. The minimum atomic E-state index is -3.07. The van der Waals surface area contributed by atoms with Crippen molar-refractivity contribution >= 4 is 12.0 Å². The minimum absolute atomic E-state index is 0.104. The molecule has 0 spiro atoms. The first-order chi connectivity index (χ1) is 16.3. The number of amides is 2. The predicted molar refractivity (Wildman–Crippen MR) is 120 cm³/mol. The molecule has 2 amide bonds. The van der Waals surface area contributed by atoms with Crippen LogP contribution < -0.4 is 20.1 Å². The highest BCUT2D eigenvalue weighted by Gasteiger charge is 2.35. The lowest BCUT2D eigenvalue weighted by Gasteiger charge is -2.31. The third kappa shape index (κ3) is 6.22. The van der Waals surface area contributed by atoms with Crippen LogP contribution in [-0.2, 0) is 16.1 Å². The zero-order valence-corrected chi connectivity index (χ0v) is 19.1. The van der Waals surface area contributed by atoms with Crippen molar-refractivity contribution in [3.05, 3.63) is 70.9 Å². The fourth-order valence-corrected chi connectivity index (χ4v) is 3.72. The van der Waals surface area contributed by atoms with Crippen LogP contribution in [0.3, 0.4) is 0 Å². The lowest BCUT2D eigenvalue weighted by Crippen LogP contribution is -2.48. The number of hydrogen-bond acceptors (Lipinski definition) is 6. The second-order valence-electron chi connectivity index (χ2n) is 7.58. The van der Waals surface area contributed by atoms with Gasteiger partial charge < -0.3 is 24.8 Å². The highest BCUT2D eigenvalue weighted by atomic mass is 19.3. The Balaban J connectivity index is 1.95. The number of halogens is 2. The van der Waals surface area contributed by atoms with Gasteiger partial charge in [0.05, 0.1) is 25.3 Å². The summed E-state index contributed by atoms with van der Waals surface area (Å²) < 4.78 is 41.0. The maximum Gasteiger partial charge on any atom is 0.387 e. The van der Waals surface area contributed by atoms with Crippen LogP contribution >= 0.6 is 0 Å². The number of alkyl halides is 2. The summed E-state index contributed by atoms with van der Waals surface area (Å²) in [4.78, 5) is 27.4. The summed E-state index contributed by atoms with van der Waals surface area (Å²) in [6, 6.07) is 11.9. The van der Waals surface area contributed by atoms with Crippen LogP contribution in [0.2, 0.25) is 0 Å². The molecule has 1 atom stereocenters. The first kappa shape index (κ1) is 25.0. The average Bonchev–Trinajstić information content (AvgIpc) is 2.79. The topological polar surface area (TPSA) is 89.1 Å². The highest BCUT2D eigenvalue weighted by molar-refractivity contribution is 5.95. The molecule has 1 aliphatic heterocycles. The number of methoxy groups -OCH3 is 1. The molecule has 0 unspecified atom stereocenters. The molecule has 34 heavy (non-hydrogen) atoms. The van der Waals surface area contributed by atoms with Gasteiger partial charge in [-0.05, 0) is 37.7 Å². The molecule has 1 heterocycles. The number of benzene rings is 2. The summed E-state index contributed by atoms with van der Waals surface area (Å²) in [6.07, 6.45) is 0. The van der Waals surface area contributed by atoms with Crippen molar-refractivity contribution in [1.29, 1.82) is 0 Å². The van der Waals surface area contributed by atoms with E-state index in [1.165, 1.54) is 18.2 Å². The van der Waals surface area contributed by atoms with Gasteiger partial charge in [0, 0.05) is 24.4 Å². The number of likely N-dealkylation sites (N-methyl/N-ethyl adjacent to an activating group) is 1. The number of esters is 1. The second kappa shape index (κ2) is 11.5. The molecule has 0 bridgehead atoms. The standard InChI is InChI=1S/C24H27F2N3O5/c1-4-33-22(30)20-18(14-29(2)13-15-9-11-16(32-3)12-10-15)27-24(31)28-21(20)17-7-5-6-8-19(17)34-23(25)26/h5-12,21,23H,4,13-14H2,1-3H3,(H2,27,28,31)/t21-/m0/s1. The van der Waals surface area contributed by atoms with Gasteiger partial charge in [0.25, 0.3) is 0 Å². The van der Waals surface area contributed by atoms with Gasteiger partial charge in [0.1, 0.15) is 11.5 Å². The zero-order chi connectivity index (χ0) is 24.7. The van der Waals surface area contributed by atoms with Crippen LogP contribution in [0.15, 0.2) is 59.8 Å². The molecule has 10 heteroatoms. The van der Waals surface area contributed by atoms with Crippen molar-refractivity contribution in [1.82, 2.24) is 15.5 Å². The van der Waals surface area contributed by atoms with E-state index >= 15 is 0 Å². The van der Waals surface area contributed by atoms with E-state index in [0.717, 1.165) is 11.3 Å². The summed E-state index contributed by atoms with van der Waals surface area (Å²) in [6.45, 7) is -0.590. The SMILES string of the molecule is CCOC(=O)C1=C(CN(C)Cc2ccc(OC)cc2)NC(=O)N[C@H]1c1ccccc1OC(F)F. The Morgan fingerprint density at radius 3 is 2.47 bits per heavy atom. The molecule has 0 aromatic heterocycles. The number of rotatable bonds is 10. The molecule has 2 aromatic carbocycles. The molecular weight excluding hydrogens is 448 g/mol. The Morgan fingerprint density at radius 1 is 1.12 bits per heavy atom. The number of para-hydroxylation sites is 1. The summed E-state index contributed by atoms with van der Waals surface area (Å²) in [5.41, 5.74) is 1.65. The molecule has 0 aliphatic carbocycles. The Kier molecular flexibility index (Phi) is 8.42. The fraction of sp³-hybridized carbons (Fsp3) is 0.333. The maximum absolute atomic E-state index is 13.0. The molecule has 182 valence electrons. The third-order valence-electron chi connectivity index (χ3n) is 5.13. The molecular formula is C24H27F2N3O5. The first-order valence-corrected chi connectivity index (χ1v) is 10.6. The average molecular weight is 475 g/mol. The van der Waals surface area contributed by atoms with Gasteiger partial charge in [-0.3, -0.25) is 4.90 Å². The lowest BCUT2D eigenvalue weighted by molar-refractivity contribution is -0.139. The molecule has 0 radical (unpaired) electrons. The van der Waals surface area contributed by atoms with Crippen LogP contribution in [-0.4, -0.2) is 50.8 Å². The van der Waals surface area contributed by atoms with E-state index in [-0.39, 0.29) is 30.0 Å². The molecule has 3 rings (SSSR count). The normalized spacial score (nSPS) is 15.7. The molecule has 0 saturated heterocycles. The molecule has 1 aliphatic rings. The number of urea groups is 1. The van der Waals surface area contributed by atoms with Gasteiger partial charge in [-0.2, -0.15) is 8.78 Å². The predicted octanol–water partition coefficient (Wildman–Crippen LogP) is 3.60. The number of nitrogens with zero attached hydrogens (tertiary/aromatic N) is 1. The van der Waals surface area contributed by atoms with E-state index in [2.05, 4.69) is 15.4 Å². The lowest BCUT2D eigenvalue weighted by atomic mass is 9.94. The number of nitrogens with one attached hydrogen (secondary N) is 2. The quantitative estimate of drug-likeness (QED) is 0.511. The van der Waals surface area contributed by atoms with Gasteiger partial charge >= 0.3 is 18.6 Å². The molecule has 2 N–H and O–H groups in total. The van der Waals surface area contributed by atoms with Crippen LogP contribution in [0.25, 0.3) is 0 Å². The van der Waals surface area contributed by atoms with Gasteiger partial charge in [0.15, 0.2) is 0 Å². The van der Waals surface area contributed by atoms with Crippen molar-refractivity contribution in [3.63, 3.8) is 0 Å². The van der Waals surface area contributed by atoms with Crippen LogP contribution in [0.5, 0.6) is 11.5 Å². The Morgan fingerprint density at radius 2 is 1.82 bits per heavy atom. The van der Waals surface area contributed by atoms with Crippen LogP contribution in [0.4, 0.5) is 13.6 Å².